The van der Waals surface area contributed by atoms with E-state index in [1.165, 1.54) is 0 Å². The van der Waals surface area contributed by atoms with Crippen molar-refractivity contribution in [3.05, 3.63) is 40.6 Å². The minimum atomic E-state index is 0.0819. The molecule has 5 nitrogen and oxygen atoms in total. The lowest BCUT2D eigenvalue weighted by Gasteiger charge is -2.28. The maximum Gasteiger partial charge on any atom is 0.270 e. The Hall–Kier alpha value is -1.56. The fourth-order valence-corrected chi connectivity index (χ4v) is 3.05. The van der Waals surface area contributed by atoms with E-state index < -0.39 is 0 Å². The standard InChI is InChI=1S/C14H17BrN4O/c1-2-4-18-9-11(15)8-12(18)14(20)19-7-6-17-5-3-16-13(17)10-19/h3,5,8-9H,2,4,6-7,10H2,1H3. The molecule has 0 saturated heterocycles. The van der Waals surface area contributed by atoms with Gasteiger partial charge in [0.25, 0.3) is 5.91 Å². The first-order chi connectivity index (χ1) is 9.69. The number of halogens is 1. The second-order valence-electron chi connectivity index (χ2n) is 5.00. The molecule has 6 heteroatoms. The molecule has 3 heterocycles. The molecule has 0 spiro atoms. The van der Waals surface area contributed by atoms with Gasteiger partial charge >= 0.3 is 0 Å². The van der Waals surface area contributed by atoms with E-state index in [4.69, 9.17) is 0 Å². The molecule has 1 aliphatic rings. The van der Waals surface area contributed by atoms with Crippen molar-refractivity contribution in [1.82, 2.24) is 19.0 Å². The van der Waals surface area contributed by atoms with Crippen LogP contribution < -0.4 is 0 Å². The zero-order valence-electron chi connectivity index (χ0n) is 11.4. The predicted molar refractivity (Wildman–Crippen MR) is 79.4 cm³/mol. The topological polar surface area (TPSA) is 43.1 Å². The molecule has 1 aliphatic heterocycles. The van der Waals surface area contributed by atoms with Crippen LogP contribution in [0.15, 0.2) is 29.1 Å². The van der Waals surface area contributed by atoms with Crippen LogP contribution in [-0.2, 0) is 19.6 Å². The number of nitrogens with zero attached hydrogens (tertiary/aromatic N) is 4. The quantitative estimate of drug-likeness (QED) is 0.864. The van der Waals surface area contributed by atoms with Crippen molar-refractivity contribution >= 4 is 21.8 Å². The summed E-state index contributed by atoms with van der Waals surface area (Å²) in [5, 5.41) is 0. The van der Waals surface area contributed by atoms with Crippen LogP contribution in [-0.4, -0.2) is 31.5 Å². The average Bonchev–Trinajstić information content (AvgIpc) is 3.04. The molecule has 1 amide bonds. The van der Waals surface area contributed by atoms with Gasteiger partial charge in [-0.25, -0.2) is 4.98 Å². The van der Waals surface area contributed by atoms with Gasteiger partial charge in [-0.05, 0) is 28.4 Å². The van der Waals surface area contributed by atoms with E-state index in [-0.39, 0.29) is 5.91 Å². The Morgan fingerprint density at radius 1 is 1.45 bits per heavy atom. The predicted octanol–water partition coefficient (Wildman–Crippen LogP) is 2.51. The van der Waals surface area contributed by atoms with E-state index in [0.29, 0.717) is 6.54 Å². The first-order valence-electron chi connectivity index (χ1n) is 6.84. The number of rotatable bonds is 3. The molecule has 0 aromatic carbocycles. The van der Waals surface area contributed by atoms with Gasteiger partial charge in [-0.2, -0.15) is 0 Å². The smallest absolute Gasteiger partial charge is 0.270 e. The molecule has 0 radical (unpaired) electrons. The van der Waals surface area contributed by atoms with Crippen molar-refractivity contribution in [3.8, 4) is 0 Å². The Bertz CT molecular complexity index is 631. The SMILES string of the molecule is CCCn1cc(Br)cc1C(=O)N1CCn2ccnc2C1. The third-order valence-corrected chi connectivity index (χ3v) is 4.01. The molecule has 106 valence electrons. The number of carbonyl (C=O) groups excluding carboxylic acids is 1. The minimum absolute atomic E-state index is 0.0819. The molecule has 0 saturated carbocycles. The lowest BCUT2D eigenvalue weighted by Crippen LogP contribution is -2.39. The van der Waals surface area contributed by atoms with Gasteiger partial charge in [0, 0.05) is 42.7 Å². The molecule has 0 unspecified atom stereocenters. The maximum atomic E-state index is 12.7. The van der Waals surface area contributed by atoms with Crippen LogP contribution in [0.5, 0.6) is 0 Å². The number of hydrogen-bond donors (Lipinski definition) is 0. The van der Waals surface area contributed by atoms with Gasteiger partial charge in [-0.3, -0.25) is 4.79 Å². The summed E-state index contributed by atoms with van der Waals surface area (Å²) in [7, 11) is 0. The second-order valence-corrected chi connectivity index (χ2v) is 5.92. The minimum Gasteiger partial charge on any atom is -0.342 e. The van der Waals surface area contributed by atoms with Gasteiger partial charge in [0.05, 0.1) is 6.54 Å². The van der Waals surface area contributed by atoms with Crippen LogP contribution in [0.1, 0.15) is 29.7 Å². The molecule has 0 fully saturated rings. The van der Waals surface area contributed by atoms with Crippen molar-refractivity contribution in [2.24, 2.45) is 0 Å². The summed E-state index contributed by atoms with van der Waals surface area (Å²) in [5.74, 6) is 1.04. The van der Waals surface area contributed by atoms with Gasteiger partial charge < -0.3 is 14.0 Å². The van der Waals surface area contributed by atoms with E-state index in [9.17, 15) is 4.79 Å². The molecule has 0 bridgehead atoms. The number of hydrogen-bond acceptors (Lipinski definition) is 2. The van der Waals surface area contributed by atoms with E-state index in [0.717, 1.165) is 42.0 Å². The Labute approximate surface area is 126 Å². The third-order valence-electron chi connectivity index (χ3n) is 3.58. The monoisotopic (exact) mass is 336 g/mol. The highest BCUT2D eigenvalue weighted by Gasteiger charge is 2.24. The van der Waals surface area contributed by atoms with E-state index in [2.05, 4.69) is 32.4 Å². The summed E-state index contributed by atoms with van der Waals surface area (Å²) in [4.78, 5) is 18.9. The Balaban J connectivity index is 1.83. The third kappa shape index (κ3) is 2.40. The first-order valence-corrected chi connectivity index (χ1v) is 7.63. The van der Waals surface area contributed by atoms with Crippen LogP contribution in [0.3, 0.4) is 0 Å². The number of carbonyl (C=O) groups is 1. The zero-order chi connectivity index (χ0) is 14.1. The van der Waals surface area contributed by atoms with Crippen LogP contribution in [0, 0.1) is 0 Å². The molecular weight excluding hydrogens is 320 g/mol. The molecule has 2 aromatic heterocycles. The molecule has 0 N–H and O–H groups in total. The van der Waals surface area contributed by atoms with Crippen LogP contribution in [0.25, 0.3) is 0 Å². The highest BCUT2D eigenvalue weighted by Crippen LogP contribution is 2.19. The Morgan fingerprint density at radius 3 is 3.10 bits per heavy atom. The zero-order valence-corrected chi connectivity index (χ0v) is 13.0. The molecule has 3 rings (SSSR count). The summed E-state index contributed by atoms with van der Waals surface area (Å²) in [5.41, 5.74) is 0.749. The first kappa shape index (κ1) is 13.4. The average molecular weight is 337 g/mol. The number of aromatic nitrogens is 3. The summed E-state index contributed by atoms with van der Waals surface area (Å²) in [6.45, 7) is 5.10. The van der Waals surface area contributed by atoms with Gasteiger partial charge in [-0.15, -0.1) is 0 Å². The fourth-order valence-electron chi connectivity index (χ4n) is 2.59. The van der Waals surface area contributed by atoms with Crippen LogP contribution in [0.2, 0.25) is 0 Å². The van der Waals surface area contributed by atoms with Crippen LogP contribution in [0.4, 0.5) is 0 Å². The van der Waals surface area contributed by atoms with Gasteiger partial charge in [0.2, 0.25) is 0 Å². The summed E-state index contributed by atoms with van der Waals surface area (Å²) in [6, 6.07) is 1.90. The van der Waals surface area contributed by atoms with Crippen molar-refractivity contribution in [3.63, 3.8) is 0 Å². The van der Waals surface area contributed by atoms with Gasteiger partial charge in [-0.1, -0.05) is 6.92 Å². The lowest BCUT2D eigenvalue weighted by molar-refractivity contribution is 0.0696. The maximum absolute atomic E-state index is 12.7. The summed E-state index contributed by atoms with van der Waals surface area (Å²) in [6.07, 6.45) is 6.74. The van der Waals surface area contributed by atoms with E-state index >= 15 is 0 Å². The molecule has 0 aliphatic carbocycles. The molecule has 0 atom stereocenters. The number of fused-ring (bicyclic) bond motifs is 1. The molecule has 2 aromatic rings. The van der Waals surface area contributed by atoms with Crippen molar-refractivity contribution in [1.29, 1.82) is 0 Å². The van der Waals surface area contributed by atoms with Gasteiger partial charge in [0.1, 0.15) is 11.5 Å². The lowest BCUT2D eigenvalue weighted by atomic mass is 10.3. The Kier molecular flexibility index (Phi) is 3.65. The molecule has 20 heavy (non-hydrogen) atoms. The highest BCUT2D eigenvalue weighted by atomic mass is 79.9. The Morgan fingerprint density at radius 2 is 2.30 bits per heavy atom. The molecular formula is C14H17BrN4O. The fraction of sp³-hybridized carbons (Fsp3) is 0.429. The van der Waals surface area contributed by atoms with Gasteiger partial charge in [0.15, 0.2) is 0 Å². The van der Waals surface area contributed by atoms with E-state index in [1.54, 1.807) is 6.20 Å². The van der Waals surface area contributed by atoms with Crippen molar-refractivity contribution in [2.45, 2.75) is 33.0 Å². The summed E-state index contributed by atoms with van der Waals surface area (Å²) < 4.78 is 5.07. The number of imidazole rings is 1. The van der Waals surface area contributed by atoms with Crippen molar-refractivity contribution in [2.75, 3.05) is 6.54 Å². The number of aryl methyl sites for hydroxylation is 1. The highest BCUT2D eigenvalue weighted by molar-refractivity contribution is 9.10. The second kappa shape index (κ2) is 5.44. The van der Waals surface area contributed by atoms with Crippen LogP contribution >= 0.6 is 15.9 Å². The largest absolute Gasteiger partial charge is 0.342 e. The van der Waals surface area contributed by atoms with E-state index in [1.807, 2.05) is 27.9 Å². The summed E-state index contributed by atoms with van der Waals surface area (Å²) >= 11 is 3.46. The normalized spacial score (nSPS) is 14.4. The number of amides is 1. The van der Waals surface area contributed by atoms with Crippen molar-refractivity contribution < 1.29 is 4.79 Å².